The molecule has 2 aliphatic rings. The highest BCUT2D eigenvalue weighted by Gasteiger charge is 2.37. The van der Waals surface area contributed by atoms with Gasteiger partial charge in [0.25, 0.3) is 5.91 Å². The van der Waals surface area contributed by atoms with Crippen molar-refractivity contribution in [1.29, 1.82) is 0 Å². The van der Waals surface area contributed by atoms with Crippen molar-refractivity contribution in [3.8, 4) is 0 Å². The van der Waals surface area contributed by atoms with Crippen LogP contribution in [0, 0.1) is 19.8 Å². The molecular weight excluding hydrogens is 332 g/mol. The van der Waals surface area contributed by atoms with Crippen LogP contribution in [-0.2, 0) is 4.79 Å². The van der Waals surface area contributed by atoms with Crippen molar-refractivity contribution in [2.24, 2.45) is 5.92 Å². The summed E-state index contributed by atoms with van der Waals surface area (Å²) in [5.74, 6) is 2.72. The summed E-state index contributed by atoms with van der Waals surface area (Å²) in [6.07, 6.45) is 2.90. The van der Waals surface area contributed by atoms with E-state index in [1.807, 2.05) is 38.1 Å². The first kappa shape index (κ1) is 16.1. The molecule has 0 bridgehead atoms. The number of furan rings is 1. The summed E-state index contributed by atoms with van der Waals surface area (Å²) < 4.78 is 5.87. The zero-order chi connectivity index (χ0) is 17.7. The molecule has 128 valence electrons. The molecule has 0 unspecified atom stereocenters. The Hall–Kier alpha value is -2.40. The van der Waals surface area contributed by atoms with Crippen molar-refractivity contribution in [2.75, 3.05) is 4.90 Å². The monoisotopic (exact) mass is 352 g/mol. The quantitative estimate of drug-likeness (QED) is 0.661. The predicted octanol–water partition coefficient (Wildman–Crippen LogP) is 4.28. The molecular formula is C20H20N2O2S. The van der Waals surface area contributed by atoms with E-state index in [2.05, 4.69) is 18.3 Å². The Morgan fingerprint density at radius 3 is 2.56 bits per heavy atom. The Kier molecular flexibility index (Phi) is 3.76. The Labute approximate surface area is 152 Å². The van der Waals surface area contributed by atoms with Gasteiger partial charge in [-0.2, -0.15) is 0 Å². The van der Waals surface area contributed by atoms with Gasteiger partial charge < -0.3 is 9.73 Å². The lowest BCUT2D eigenvalue weighted by Crippen LogP contribution is -2.30. The molecule has 1 amide bonds. The average Bonchev–Trinajstić information content (AvgIpc) is 2.97. The van der Waals surface area contributed by atoms with Crippen LogP contribution in [0.25, 0.3) is 6.08 Å². The number of aryl methyl sites for hydroxylation is 2. The lowest BCUT2D eigenvalue weighted by atomic mass is 10.1. The molecule has 2 atom stereocenters. The van der Waals surface area contributed by atoms with E-state index in [0.29, 0.717) is 28.4 Å². The first-order chi connectivity index (χ1) is 11.9. The summed E-state index contributed by atoms with van der Waals surface area (Å²) in [4.78, 5) is 14.4. The van der Waals surface area contributed by atoms with Gasteiger partial charge in [0.15, 0.2) is 5.11 Å². The smallest absolute Gasteiger partial charge is 0.281 e. The Morgan fingerprint density at radius 1 is 1.24 bits per heavy atom. The molecule has 0 spiro atoms. The largest absolute Gasteiger partial charge is 0.461 e. The van der Waals surface area contributed by atoms with Crippen LogP contribution >= 0.6 is 12.2 Å². The number of nitrogens with zero attached hydrogens (tertiary/aromatic N) is 1. The number of carbonyl (C=O) groups excluding carboxylic acids is 1. The van der Waals surface area contributed by atoms with E-state index < -0.39 is 0 Å². The number of hydrogen-bond donors (Lipinski definition) is 1. The molecule has 1 aromatic carbocycles. The standard InChI is InChI=1S/C20H20N2O2S/c1-11-6-12(2)8-14(7-11)22-19(23)17(21-20(22)25)10-15-4-5-18(24-15)16-9-13(16)3/h4-8,10,13,16H,9H2,1-3H3,(H,21,25)/b17-10-/t13-,16+/m1/s1. The lowest BCUT2D eigenvalue weighted by Gasteiger charge is -2.15. The molecule has 1 aliphatic heterocycles. The van der Waals surface area contributed by atoms with E-state index >= 15 is 0 Å². The van der Waals surface area contributed by atoms with Crippen molar-refractivity contribution >= 4 is 35.0 Å². The fourth-order valence-electron chi connectivity index (χ4n) is 3.36. The number of amides is 1. The molecule has 1 saturated heterocycles. The summed E-state index contributed by atoms with van der Waals surface area (Å²) in [6, 6.07) is 9.90. The van der Waals surface area contributed by atoms with E-state index in [1.165, 1.54) is 11.3 Å². The molecule has 1 aliphatic carbocycles. The fourth-order valence-corrected chi connectivity index (χ4v) is 3.65. The minimum absolute atomic E-state index is 0.160. The van der Waals surface area contributed by atoms with Gasteiger partial charge in [-0.1, -0.05) is 13.0 Å². The second kappa shape index (κ2) is 5.85. The summed E-state index contributed by atoms with van der Waals surface area (Å²) >= 11 is 5.37. The van der Waals surface area contributed by atoms with Gasteiger partial charge in [-0.05, 0) is 73.8 Å². The Morgan fingerprint density at radius 2 is 1.92 bits per heavy atom. The van der Waals surface area contributed by atoms with Gasteiger partial charge in [0, 0.05) is 12.0 Å². The van der Waals surface area contributed by atoms with Gasteiger partial charge in [0.2, 0.25) is 0 Å². The number of anilines is 1. The third kappa shape index (κ3) is 3.00. The zero-order valence-electron chi connectivity index (χ0n) is 14.5. The van der Waals surface area contributed by atoms with Gasteiger partial charge in [-0.25, -0.2) is 0 Å². The first-order valence-electron chi connectivity index (χ1n) is 8.47. The number of benzene rings is 1. The molecule has 1 N–H and O–H groups in total. The highest BCUT2D eigenvalue weighted by Crippen LogP contribution is 2.47. The highest BCUT2D eigenvalue weighted by atomic mass is 32.1. The summed E-state index contributed by atoms with van der Waals surface area (Å²) in [6.45, 7) is 6.23. The second-order valence-corrected chi connectivity index (χ2v) is 7.42. The van der Waals surface area contributed by atoms with Crippen LogP contribution in [0.3, 0.4) is 0 Å². The van der Waals surface area contributed by atoms with Crippen LogP contribution in [0.4, 0.5) is 5.69 Å². The molecule has 4 nitrogen and oxygen atoms in total. The molecule has 4 rings (SSSR count). The topological polar surface area (TPSA) is 45.5 Å². The summed E-state index contributed by atoms with van der Waals surface area (Å²) in [5, 5.41) is 3.40. The number of hydrogen-bond acceptors (Lipinski definition) is 3. The molecule has 1 saturated carbocycles. The molecule has 2 aromatic rings. The molecule has 25 heavy (non-hydrogen) atoms. The first-order valence-corrected chi connectivity index (χ1v) is 8.88. The zero-order valence-corrected chi connectivity index (χ0v) is 15.3. The lowest BCUT2D eigenvalue weighted by molar-refractivity contribution is -0.113. The summed E-state index contributed by atoms with van der Waals surface area (Å²) in [7, 11) is 0. The van der Waals surface area contributed by atoms with Gasteiger partial charge in [-0.15, -0.1) is 0 Å². The number of nitrogens with one attached hydrogen (secondary N) is 1. The Balaban J connectivity index is 1.61. The maximum Gasteiger partial charge on any atom is 0.281 e. The highest BCUT2D eigenvalue weighted by molar-refractivity contribution is 7.80. The van der Waals surface area contributed by atoms with E-state index in [-0.39, 0.29) is 5.91 Å². The maximum atomic E-state index is 12.8. The van der Waals surface area contributed by atoms with E-state index in [0.717, 1.165) is 22.6 Å². The number of rotatable bonds is 3. The van der Waals surface area contributed by atoms with Crippen LogP contribution in [0.1, 0.15) is 41.9 Å². The Bertz CT molecular complexity index is 892. The van der Waals surface area contributed by atoms with Crippen LogP contribution in [0.5, 0.6) is 0 Å². The minimum Gasteiger partial charge on any atom is -0.461 e. The van der Waals surface area contributed by atoms with Gasteiger partial charge in [-0.3, -0.25) is 9.69 Å². The van der Waals surface area contributed by atoms with Crippen molar-refractivity contribution < 1.29 is 9.21 Å². The predicted molar refractivity (Wildman–Crippen MR) is 102 cm³/mol. The average molecular weight is 352 g/mol. The normalized spacial score (nSPS) is 24.1. The number of carbonyl (C=O) groups is 1. The van der Waals surface area contributed by atoms with Crippen molar-refractivity contribution in [1.82, 2.24) is 5.32 Å². The summed E-state index contributed by atoms with van der Waals surface area (Å²) in [5.41, 5.74) is 3.42. The van der Waals surface area contributed by atoms with E-state index in [9.17, 15) is 4.79 Å². The van der Waals surface area contributed by atoms with Crippen LogP contribution in [0.2, 0.25) is 0 Å². The minimum atomic E-state index is -0.160. The van der Waals surface area contributed by atoms with Gasteiger partial charge in [0.05, 0.1) is 5.69 Å². The van der Waals surface area contributed by atoms with E-state index in [1.54, 1.807) is 6.08 Å². The van der Waals surface area contributed by atoms with Crippen LogP contribution in [-0.4, -0.2) is 11.0 Å². The maximum absolute atomic E-state index is 12.8. The SMILES string of the molecule is Cc1cc(C)cc(N2C(=O)/C(=C/c3ccc([C@H]4C[C@H]4C)o3)NC2=S)c1. The molecule has 2 heterocycles. The fraction of sp³-hybridized carbons (Fsp3) is 0.300. The number of thiocarbonyl (C=S) groups is 1. The van der Waals surface area contributed by atoms with Gasteiger partial charge >= 0.3 is 0 Å². The van der Waals surface area contributed by atoms with Crippen molar-refractivity contribution in [3.63, 3.8) is 0 Å². The molecule has 5 heteroatoms. The van der Waals surface area contributed by atoms with Crippen molar-refractivity contribution in [2.45, 2.75) is 33.1 Å². The third-order valence-electron chi connectivity index (χ3n) is 4.75. The molecule has 1 aromatic heterocycles. The second-order valence-electron chi connectivity index (χ2n) is 7.03. The third-order valence-corrected chi connectivity index (χ3v) is 5.04. The molecule has 2 fully saturated rings. The molecule has 0 radical (unpaired) electrons. The van der Waals surface area contributed by atoms with Crippen LogP contribution in [0.15, 0.2) is 40.4 Å². The van der Waals surface area contributed by atoms with Gasteiger partial charge in [0.1, 0.15) is 17.2 Å². The van der Waals surface area contributed by atoms with E-state index in [4.69, 9.17) is 16.6 Å². The van der Waals surface area contributed by atoms with Crippen molar-refractivity contribution in [3.05, 3.63) is 58.7 Å². The van der Waals surface area contributed by atoms with Crippen LogP contribution < -0.4 is 10.2 Å².